The van der Waals surface area contributed by atoms with E-state index in [0.29, 0.717) is 0 Å². The maximum Gasteiger partial charge on any atom is 0.338 e. The molecule has 0 atom stereocenters. The Morgan fingerprint density at radius 1 is 0.833 bits per heavy atom. The number of esters is 1. The van der Waals surface area contributed by atoms with Crippen molar-refractivity contribution in [3.63, 3.8) is 0 Å². The Morgan fingerprint density at radius 3 is 1.88 bits per heavy atom. The molecule has 0 bridgehead atoms. The van der Waals surface area contributed by atoms with Gasteiger partial charge in [-0.15, -0.1) is 0 Å². The van der Waals surface area contributed by atoms with E-state index in [1.54, 1.807) is 6.07 Å². The first kappa shape index (κ1) is 17.4. The molecule has 0 saturated carbocycles. The fourth-order valence-corrected chi connectivity index (χ4v) is 1.68. The van der Waals surface area contributed by atoms with Crippen LogP contribution in [-0.2, 0) is 9.53 Å². The van der Waals surface area contributed by atoms with Gasteiger partial charge >= 0.3 is 5.97 Å². The molecule has 2 aromatic rings. The van der Waals surface area contributed by atoms with Crippen LogP contribution >= 0.6 is 0 Å². The second-order valence-electron chi connectivity index (χ2n) is 4.44. The quantitative estimate of drug-likeness (QED) is 0.401. The van der Waals surface area contributed by atoms with Crippen LogP contribution in [0.3, 0.4) is 0 Å². The zero-order valence-electron chi connectivity index (χ0n) is 11.7. The maximum absolute atomic E-state index is 13.4. The van der Waals surface area contributed by atoms with Gasteiger partial charge in [-0.25, -0.2) is 26.7 Å². The molecule has 0 aliphatic heterocycles. The van der Waals surface area contributed by atoms with Gasteiger partial charge in [0.2, 0.25) is 5.82 Å². The fourth-order valence-electron chi connectivity index (χ4n) is 1.68. The molecule has 0 aliphatic carbocycles. The van der Waals surface area contributed by atoms with E-state index in [4.69, 9.17) is 0 Å². The van der Waals surface area contributed by atoms with Crippen molar-refractivity contribution in [2.45, 2.75) is 0 Å². The highest BCUT2D eigenvalue weighted by atomic mass is 19.2. The van der Waals surface area contributed by atoms with Gasteiger partial charge in [-0.3, -0.25) is 4.79 Å². The monoisotopic (exact) mass is 345 g/mol. The summed E-state index contributed by atoms with van der Waals surface area (Å²) in [5, 5.41) is 1.48. The average Bonchev–Trinajstić information content (AvgIpc) is 2.60. The number of ether oxygens (including phenoxy) is 1. The highest BCUT2D eigenvalue weighted by molar-refractivity contribution is 5.95. The van der Waals surface area contributed by atoms with Crippen molar-refractivity contribution in [3.8, 4) is 0 Å². The Hall–Kier alpha value is -2.97. The number of rotatable bonds is 4. The Bertz CT molecular complexity index is 766. The summed E-state index contributed by atoms with van der Waals surface area (Å²) in [5.74, 6) is -13.3. The summed E-state index contributed by atoms with van der Waals surface area (Å²) >= 11 is 0. The number of carbonyl (C=O) groups is 2. The number of amides is 1. The zero-order valence-corrected chi connectivity index (χ0v) is 11.7. The number of nitrogens with one attached hydrogen (secondary N) is 1. The molecule has 0 radical (unpaired) electrons. The molecule has 4 nitrogen and oxygen atoms in total. The van der Waals surface area contributed by atoms with Gasteiger partial charge in [0, 0.05) is 0 Å². The van der Waals surface area contributed by atoms with Crippen molar-refractivity contribution in [2.75, 3.05) is 11.9 Å². The summed E-state index contributed by atoms with van der Waals surface area (Å²) in [7, 11) is 0. The second-order valence-corrected chi connectivity index (χ2v) is 4.44. The van der Waals surface area contributed by atoms with E-state index in [0.717, 1.165) is 0 Å². The third-order valence-electron chi connectivity index (χ3n) is 2.82. The Kier molecular flexibility index (Phi) is 5.12. The number of hydrogen-bond acceptors (Lipinski definition) is 3. The summed E-state index contributed by atoms with van der Waals surface area (Å²) < 4.78 is 70.2. The van der Waals surface area contributed by atoms with E-state index in [1.165, 1.54) is 29.6 Å². The number of anilines is 1. The van der Waals surface area contributed by atoms with Gasteiger partial charge in [0.05, 0.1) is 5.56 Å². The lowest BCUT2D eigenvalue weighted by Gasteiger charge is -2.10. The second kappa shape index (κ2) is 7.07. The molecule has 0 spiro atoms. The number of hydrogen-bond donors (Lipinski definition) is 1. The highest BCUT2D eigenvalue weighted by Crippen LogP contribution is 2.26. The average molecular weight is 345 g/mol. The third-order valence-corrected chi connectivity index (χ3v) is 2.82. The van der Waals surface area contributed by atoms with Gasteiger partial charge in [-0.1, -0.05) is 18.2 Å². The predicted molar refractivity (Wildman–Crippen MR) is 71.6 cm³/mol. The standard InChI is InChI=1S/C15H8F5NO3/c16-9-10(17)12(19)14(13(20)11(9)18)21-8(22)6-24-15(23)7-4-2-1-3-5-7/h1-5H,6H2,(H,21,22). The Labute approximate surface area is 131 Å². The Morgan fingerprint density at radius 2 is 1.33 bits per heavy atom. The summed E-state index contributed by atoms with van der Waals surface area (Å²) in [6, 6.07) is 7.48. The first-order valence-corrected chi connectivity index (χ1v) is 6.36. The van der Waals surface area contributed by atoms with Gasteiger partial charge in [0.1, 0.15) is 5.69 Å². The molecule has 0 saturated heterocycles. The highest BCUT2D eigenvalue weighted by Gasteiger charge is 2.27. The summed E-state index contributed by atoms with van der Waals surface area (Å²) in [6.07, 6.45) is 0. The normalized spacial score (nSPS) is 10.4. The van der Waals surface area contributed by atoms with Crippen LogP contribution in [0.2, 0.25) is 0 Å². The first-order valence-electron chi connectivity index (χ1n) is 6.36. The maximum atomic E-state index is 13.4. The molecule has 0 fully saturated rings. The van der Waals surface area contributed by atoms with Crippen molar-refractivity contribution < 1.29 is 36.3 Å². The van der Waals surface area contributed by atoms with Crippen LogP contribution in [0.5, 0.6) is 0 Å². The van der Waals surface area contributed by atoms with Crippen LogP contribution in [0.25, 0.3) is 0 Å². The molecule has 24 heavy (non-hydrogen) atoms. The lowest BCUT2D eigenvalue weighted by molar-refractivity contribution is -0.119. The fraction of sp³-hybridized carbons (Fsp3) is 0.0667. The molecule has 2 aromatic carbocycles. The van der Waals surface area contributed by atoms with E-state index in [2.05, 4.69) is 4.74 Å². The van der Waals surface area contributed by atoms with Gasteiger partial charge < -0.3 is 10.1 Å². The lowest BCUT2D eigenvalue weighted by Crippen LogP contribution is -2.23. The van der Waals surface area contributed by atoms with Crippen LogP contribution in [0, 0.1) is 29.1 Å². The van der Waals surface area contributed by atoms with Crippen LogP contribution in [0.4, 0.5) is 27.6 Å². The van der Waals surface area contributed by atoms with E-state index in [9.17, 15) is 31.5 Å². The number of carbonyl (C=O) groups excluding carboxylic acids is 2. The molecule has 1 amide bonds. The van der Waals surface area contributed by atoms with Crippen LogP contribution in [0.1, 0.15) is 10.4 Å². The minimum Gasteiger partial charge on any atom is -0.452 e. The van der Waals surface area contributed by atoms with Crippen LogP contribution in [0.15, 0.2) is 30.3 Å². The minimum absolute atomic E-state index is 0.113. The molecule has 0 unspecified atom stereocenters. The van der Waals surface area contributed by atoms with Crippen LogP contribution < -0.4 is 5.32 Å². The summed E-state index contributed by atoms with van der Waals surface area (Å²) in [4.78, 5) is 23.1. The summed E-state index contributed by atoms with van der Waals surface area (Å²) in [5.41, 5.74) is -1.41. The van der Waals surface area contributed by atoms with Crippen LogP contribution in [-0.4, -0.2) is 18.5 Å². The molecule has 126 valence electrons. The van der Waals surface area contributed by atoms with Gasteiger partial charge in [-0.05, 0) is 12.1 Å². The van der Waals surface area contributed by atoms with Crippen molar-refractivity contribution in [1.82, 2.24) is 0 Å². The predicted octanol–water partition coefficient (Wildman–Crippen LogP) is 3.18. The van der Waals surface area contributed by atoms with Crippen molar-refractivity contribution in [2.24, 2.45) is 0 Å². The number of benzene rings is 2. The molecule has 9 heteroatoms. The molecular weight excluding hydrogens is 337 g/mol. The first-order chi connectivity index (χ1) is 11.3. The minimum atomic E-state index is -2.35. The van der Waals surface area contributed by atoms with E-state index in [1.807, 2.05) is 0 Å². The van der Waals surface area contributed by atoms with E-state index < -0.39 is 53.3 Å². The Balaban J connectivity index is 2.07. The molecule has 0 heterocycles. The zero-order chi connectivity index (χ0) is 17.9. The molecule has 2 rings (SSSR count). The van der Waals surface area contributed by atoms with E-state index >= 15 is 0 Å². The topological polar surface area (TPSA) is 55.4 Å². The lowest BCUT2D eigenvalue weighted by atomic mass is 10.2. The van der Waals surface area contributed by atoms with Crippen molar-refractivity contribution in [1.29, 1.82) is 0 Å². The largest absolute Gasteiger partial charge is 0.452 e. The summed E-state index contributed by atoms with van der Waals surface area (Å²) in [6.45, 7) is -0.979. The smallest absolute Gasteiger partial charge is 0.338 e. The molecular formula is C15H8F5NO3. The molecule has 0 aromatic heterocycles. The van der Waals surface area contributed by atoms with Crippen molar-refractivity contribution in [3.05, 3.63) is 65.0 Å². The van der Waals surface area contributed by atoms with E-state index in [-0.39, 0.29) is 5.56 Å². The van der Waals surface area contributed by atoms with Gasteiger partial charge in [0.25, 0.3) is 5.91 Å². The van der Waals surface area contributed by atoms with Gasteiger partial charge in [0.15, 0.2) is 29.9 Å². The molecule has 0 aliphatic rings. The molecule has 1 N–H and O–H groups in total. The van der Waals surface area contributed by atoms with Crippen molar-refractivity contribution >= 4 is 17.6 Å². The number of halogens is 5. The third kappa shape index (κ3) is 3.50. The SMILES string of the molecule is O=C(COC(=O)c1ccccc1)Nc1c(F)c(F)c(F)c(F)c1F. The van der Waals surface area contributed by atoms with Gasteiger partial charge in [-0.2, -0.15) is 0 Å².